The average molecular weight is 997 g/mol. The van der Waals surface area contributed by atoms with Gasteiger partial charge in [-0.05, 0) is 114 Å². The van der Waals surface area contributed by atoms with Gasteiger partial charge in [0.1, 0.15) is 54.5 Å². The lowest BCUT2D eigenvalue weighted by atomic mass is 9.92. The summed E-state index contributed by atoms with van der Waals surface area (Å²) in [6.07, 6.45) is -11.6. The summed E-state index contributed by atoms with van der Waals surface area (Å²) in [7, 11) is 0. The van der Waals surface area contributed by atoms with E-state index in [2.05, 4.69) is 77.5 Å². The van der Waals surface area contributed by atoms with Crippen molar-refractivity contribution in [2.24, 2.45) is 0 Å². The molecule has 0 radical (unpaired) electrons. The molecule has 388 valence electrons. The van der Waals surface area contributed by atoms with Gasteiger partial charge in [0.2, 0.25) is 6.29 Å². The Morgan fingerprint density at radius 2 is 1.19 bits per heavy atom. The van der Waals surface area contributed by atoms with Gasteiger partial charge in [0, 0.05) is 28.2 Å². The molecule has 1 aromatic carbocycles. The number of aromatic nitrogens is 5. The third-order valence-corrected chi connectivity index (χ3v) is 14.6. The molecule has 8 rings (SSSR count). The molecule has 2 saturated heterocycles. The zero-order chi connectivity index (χ0) is 51.9. The number of rotatable bonds is 16. The molecular weight excluding hydrogens is 929 g/mol. The number of aryl methyl sites for hydroxylation is 4. The van der Waals surface area contributed by atoms with E-state index in [-0.39, 0.29) is 5.75 Å². The van der Waals surface area contributed by atoms with Crippen molar-refractivity contribution in [2.45, 2.75) is 168 Å². The number of aromatic amines is 2. The first-order valence-corrected chi connectivity index (χ1v) is 25.3. The Morgan fingerprint density at radius 3 is 1.81 bits per heavy atom. The van der Waals surface area contributed by atoms with Gasteiger partial charge < -0.3 is 64.7 Å². The topological polar surface area (TPSA) is 292 Å². The minimum atomic E-state index is -1.94. The Kier molecular flexibility index (Phi) is 16.1. The molecule has 0 amide bonds. The maximum atomic E-state index is 13.2. The number of ether oxygens (including phenoxy) is 4. The monoisotopic (exact) mass is 996 g/mol. The Balaban J connectivity index is 1.32. The fraction of sp³-hybridized carbons (Fsp3) is 0.528. The quantitative estimate of drug-likeness (QED) is 0.0460. The van der Waals surface area contributed by atoms with Gasteiger partial charge in [0.05, 0.1) is 40.7 Å². The van der Waals surface area contributed by atoms with E-state index >= 15 is 0 Å². The number of nitro groups is 1. The van der Waals surface area contributed by atoms with Crippen molar-refractivity contribution in [3.63, 3.8) is 0 Å². The van der Waals surface area contributed by atoms with E-state index < -0.39 is 85.2 Å². The van der Waals surface area contributed by atoms with Crippen LogP contribution < -0.4 is 4.74 Å². The van der Waals surface area contributed by atoms with Crippen LogP contribution in [0.5, 0.6) is 5.75 Å². The normalized spacial score (nSPS) is 25.7. The van der Waals surface area contributed by atoms with Gasteiger partial charge in [-0.25, -0.2) is 15.0 Å². The largest absolute Gasteiger partial charge is 0.455 e. The minimum absolute atomic E-state index is 0.317. The molecular formula is C53H68N6O13. The van der Waals surface area contributed by atoms with E-state index in [4.69, 9.17) is 33.9 Å². The number of aliphatic hydroxyl groups is 7. The predicted octanol–water partition coefficient (Wildman–Crippen LogP) is 6.00. The van der Waals surface area contributed by atoms with Crippen LogP contribution in [0.3, 0.4) is 0 Å². The van der Waals surface area contributed by atoms with Crippen LogP contribution in [0.1, 0.15) is 126 Å². The highest BCUT2D eigenvalue weighted by atomic mass is 16.7. The summed E-state index contributed by atoms with van der Waals surface area (Å²) in [5, 5.41) is 87.2. The lowest BCUT2D eigenvalue weighted by Gasteiger charge is -2.45. The number of nitrogens with one attached hydrogen (secondary N) is 2. The van der Waals surface area contributed by atoms with E-state index in [0.29, 0.717) is 48.3 Å². The zero-order valence-electron chi connectivity index (χ0n) is 42.1. The molecule has 19 heteroatoms. The van der Waals surface area contributed by atoms with Crippen LogP contribution in [0.25, 0.3) is 55.6 Å². The first-order valence-electron chi connectivity index (χ1n) is 25.3. The number of fused-ring (bicyclic) bond motifs is 8. The number of H-pyrrole nitrogens is 2. The summed E-state index contributed by atoms with van der Waals surface area (Å²) in [6.45, 7) is 15.3. The van der Waals surface area contributed by atoms with Crippen LogP contribution in [0, 0.1) is 10.1 Å². The molecule has 72 heavy (non-hydrogen) atoms. The molecule has 0 saturated carbocycles. The molecule has 4 aliphatic rings. The lowest BCUT2D eigenvalue weighted by molar-refractivity contribution is -0.387. The standard InChI is InChI=1S/C53H68N6O13/c1-9-25-29(13-5)42-41(24-17-18-38(37(19-24)59(67)68)69-52-48(66)46(64)49(40(23-61)71-52)72-53-47(65)45(63)44(62)39(22-60)70-53)43-30(14-6)26(10-2)34(55-43)21-36-28(12-4)32(16-8)51(57-36)58-50-31(15-7)27(11-3)35(56-50)20-33(25)54-42/h17-21,39-40,44-49,52-54,60-66H,9-16,22-23H2,1-8H3,(H,56,57,58)/t39-,40-,44+,45+,46-,47-,48-,49+,52-,53+/m1/s1. The predicted molar refractivity (Wildman–Crippen MR) is 270 cm³/mol. The number of hydrogen-bond acceptors (Lipinski definition) is 16. The third kappa shape index (κ3) is 9.29. The van der Waals surface area contributed by atoms with Crippen LogP contribution in [0.15, 0.2) is 30.3 Å². The molecule has 9 N–H and O–H groups in total. The highest BCUT2D eigenvalue weighted by Crippen LogP contribution is 2.45. The molecule has 8 bridgehead atoms. The van der Waals surface area contributed by atoms with Crippen LogP contribution in [-0.4, -0.2) is 140 Å². The number of benzene rings is 1. The second-order valence-corrected chi connectivity index (χ2v) is 18.5. The van der Waals surface area contributed by atoms with Gasteiger partial charge in [0.15, 0.2) is 17.9 Å². The number of aliphatic hydroxyl groups excluding tert-OH is 7. The minimum Gasteiger partial charge on any atom is -0.455 e. The van der Waals surface area contributed by atoms with E-state index in [1.54, 1.807) is 6.07 Å². The van der Waals surface area contributed by atoms with Crippen LogP contribution in [0.2, 0.25) is 0 Å². The molecule has 3 aromatic heterocycles. The van der Waals surface area contributed by atoms with Crippen LogP contribution in [0.4, 0.5) is 5.69 Å². The van der Waals surface area contributed by atoms with Crippen molar-refractivity contribution >= 4 is 50.2 Å². The van der Waals surface area contributed by atoms with E-state index in [1.807, 2.05) is 0 Å². The molecule has 10 atom stereocenters. The Labute approximate surface area is 417 Å². The average Bonchev–Trinajstić information content (AvgIpc) is 4.12. The molecule has 19 nitrogen and oxygen atoms in total. The zero-order valence-corrected chi connectivity index (χ0v) is 42.1. The van der Waals surface area contributed by atoms with E-state index in [9.17, 15) is 45.9 Å². The summed E-state index contributed by atoms with van der Waals surface area (Å²) in [5.41, 5.74) is 14.7. The Morgan fingerprint density at radius 1 is 0.611 bits per heavy atom. The second-order valence-electron chi connectivity index (χ2n) is 18.5. The fourth-order valence-electron chi connectivity index (χ4n) is 11.0. The first-order chi connectivity index (χ1) is 34.6. The second kappa shape index (κ2) is 21.9. The van der Waals surface area contributed by atoms with Crippen molar-refractivity contribution < 1.29 is 59.6 Å². The van der Waals surface area contributed by atoms with Gasteiger partial charge in [-0.1, -0.05) is 61.5 Å². The maximum absolute atomic E-state index is 13.2. The van der Waals surface area contributed by atoms with Gasteiger partial charge in [-0.2, -0.15) is 0 Å². The first kappa shape index (κ1) is 52.9. The van der Waals surface area contributed by atoms with Crippen molar-refractivity contribution in [3.8, 4) is 16.9 Å². The van der Waals surface area contributed by atoms with Crippen molar-refractivity contribution in [2.75, 3.05) is 13.2 Å². The Bertz CT molecular complexity index is 2920. The summed E-state index contributed by atoms with van der Waals surface area (Å²) in [5.74, 6) is 0.362. The summed E-state index contributed by atoms with van der Waals surface area (Å²) in [6, 6.07) is 8.67. The third-order valence-electron chi connectivity index (χ3n) is 14.6. The van der Waals surface area contributed by atoms with Crippen molar-refractivity contribution in [1.29, 1.82) is 0 Å². The summed E-state index contributed by atoms with van der Waals surface area (Å²) in [4.78, 5) is 36.0. The fourth-order valence-corrected chi connectivity index (χ4v) is 11.0. The maximum Gasteiger partial charge on any atom is 0.311 e. The highest BCUT2D eigenvalue weighted by Gasteiger charge is 2.51. The van der Waals surface area contributed by atoms with Crippen LogP contribution >= 0.6 is 0 Å². The van der Waals surface area contributed by atoms with E-state index in [0.717, 1.165) is 104 Å². The molecule has 0 spiro atoms. The van der Waals surface area contributed by atoms with Crippen molar-refractivity contribution in [3.05, 3.63) is 85.6 Å². The number of nitro benzene ring substituents is 1. The molecule has 0 aliphatic carbocycles. The SMILES string of the molecule is CCC1=C(CC)c2nc1cc1nc(c(-c3ccc(O[C@@H]4O[C@H](CO)[C@H](O[C@@H]5O[C@H](CO)[C@H](O)[C@H](O)[C@H]5O)[C@H](O)[C@H]4O)c([N+](=O)[O-])c3)c3[nH]c(cc4[nH]c(n2)c(CC)c4CC)c(CC)c3CC)C(CC)=C1CC. The number of hydrogen-bond donors (Lipinski definition) is 9. The van der Waals surface area contributed by atoms with Gasteiger partial charge >= 0.3 is 5.69 Å². The number of allylic oxidation sites excluding steroid dienone is 4. The molecule has 7 heterocycles. The number of nitrogens with zero attached hydrogens (tertiary/aromatic N) is 4. The summed E-state index contributed by atoms with van der Waals surface area (Å²) >= 11 is 0. The van der Waals surface area contributed by atoms with Crippen LogP contribution in [-0.2, 0) is 39.9 Å². The van der Waals surface area contributed by atoms with Gasteiger partial charge in [0.25, 0.3) is 0 Å². The van der Waals surface area contributed by atoms with E-state index in [1.165, 1.54) is 12.1 Å². The van der Waals surface area contributed by atoms with Gasteiger partial charge in [-0.15, -0.1) is 0 Å². The molecule has 0 unspecified atom stereocenters. The highest BCUT2D eigenvalue weighted by molar-refractivity contribution is 6.02. The Hall–Kier alpha value is -5.45. The van der Waals surface area contributed by atoms with Crippen molar-refractivity contribution in [1.82, 2.24) is 24.9 Å². The molecule has 4 aliphatic heterocycles. The lowest BCUT2D eigenvalue weighted by Crippen LogP contribution is -2.65. The smallest absolute Gasteiger partial charge is 0.311 e. The molecule has 2 fully saturated rings. The summed E-state index contributed by atoms with van der Waals surface area (Å²) < 4.78 is 23.0. The molecule has 4 aromatic rings. The van der Waals surface area contributed by atoms with Gasteiger partial charge in [-0.3, -0.25) is 10.1 Å².